The number of ketones is 1. The van der Waals surface area contributed by atoms with Crippen LogP contribution in [-0.2, 0) is 9.59 Å². The summed E-state index contributed by atoms with van der Waals surface area (Å²) in [6, 6.07) is 9.59. The van der Waals surface area contributed by atoms with E-state index in [0.29, 0.717) is 10.6 Å². The number of hydrogen-bond acceptors (Lipinski definition) is 4. The second kappa shape index (κ2) is 6.80. The third-order valence-electron chi connectivity index (χ3n) is 4.29. The molecule has 1 amide bonds. The number of carbonyl (C=O) groups excluding carboxylic acids is 2. The minimum absolute atomic E-state index is 0.00624. The van der Waals surface area contributed by atoms with E-state index in [9.17, 15) is 19.1 Å². The quantitative estimate of drug-likeness (QED) is 0.506. The summed E-state index contributed by atoms with van der Waals surface area (Å²) in [6.07, 6.45) is 0. The molecule has 1 atom stereocenters. The summed E-state index contributed by atoms with van der Waals surface area (Å²) in [5.41, 5.74) is 0.574. The van der Waals surface area contributed by atoms with E-state index in [-0.39, 0.29) is 16.9 Å². The Morgan fingerprint density at radius 1 is 1.19 bits per heavy atom. The van der Waals surface area contributed by atoms with Crippen LogP contribution in [0, 0.1) is 5.82 Å². The highest BCUT2D eigenvalue weighted by atomic mass is 35.5. The molecule has 1 saturated heterocycles. The molecule has 7 heteroatoms. The number of likely N-dealkylation sites (N-methyl/N-ethyl adjacent to an activating group) is 1. The molecular weight excluding hydrogens is 361 g/mol. The van der Waals surface area contributed by atoms with Crippen LogP contribution in [0.15, 0.2) is 48.0 Å². The van der Waals surface area contributed by atoms with Gasteiger partial charge in [0, 0.05) is 17.6 Å². The SMILES string of the molecule is COc1ccc(/C(O)=C2\C(=O)C(=O)N(C)C2c2ccc(Cl)cc2)cc1F. The van der Waals surface area contributed by atoms with Crippen LogP contribution in [0.3, 0.4) is 0 Å². The Morgan fingerprint density at radius 2 is 1.85 bits per heavy atom. The summed E-state index contributed by atoms with van der Waals surface area (Å²) in [7, 11) is 2.79. The van der Waals surface area contributed by atoms with Gasteiger partial charge in [-0.3, -0.25) is 9.59 Å². The molecule has 0 bridgehead atoms. The fraction of sp³-hybridized carbons (Fsp3) is 0.158. The number of nitrogens with zero attached hydrogens (tertiary/aromatic N) is 1. The molecule has 1 fully saturated rings. The van der Waals surface area contributed by atoms with Crippen LogP contribution in [0.4, 0.5) is 4.39 Å². The largest absolute Gasteiger partial charge is 0.507 e. The van der Waals surface area contributed by atoms with E-state index in [2.05, 4.69) is 0 Å². The molecule has 1 heterocycles. The Hall–Kier alpha value is -2.86. The Labute approximate surface area is 154 Å². The monoisotopic (exact) mass is 375 g/mol. The van der Waals surface area contributed by atoms with Gasteiger partial charge in [0.15, 0.2) is 11.6 Å². The predicted octanol–water partition coefficient (Wildman–Crippen LogP) is 3.54. The fourth-order valence-electron chi connectivity index (χ4n) is 2.95. The lowest BCUT2D eigenvalue weighted by molar-refractivity contribution is -0.139. The van der Waals surface area contributed by atoms with Gasteiger partial charge in [-0.15, -0.1) is 0 Å². The Balaban J connectivity index is 2.16. The van der Waals surface area contributed by atoms with Gasteiger partial charge < -0.3 is 14.7 Å². The van der Waals surface area contributed by atoms with Crippen LogP contribution in [0.1, 0.15) is 17.2 Å². The van der Waals surface area contributed by atoms with Crippen molar-refractivity contribution in [3.63, 3.8) is 0 Å². The molecule has 134 valence electrons. The maximum Gasteiger partial charge on any atom is 0.295 e. The average molecular weight is 376 g/mol. The lowest BCUT2D eigenvalue weighted by Gasteiger charge is -2.21. The molecule has 2 aromatic rings. The minimum atomic E-state index is -0.832. The first-order valence-electron chi connectivity index (χ1n) is 7.69. The summed E-state index contributed by atoms with van der Waals surface area (Å²) in [4.78, 5) is 25.8. The van der Waals surface area contributed by atoms with E-state index in [1.54, 1.807) is 24.3 Å². The summed E-state index contributed by atoms with van der Waals surface area (Å²) in [6.45, 7) is 0. The van der Waals surface area contributed by atoms with Crippen molar-refractivity contribution < 1.29 is 23.8 Å². The van der Waals surface area contributed by atoms with Gasteiger partial charge in [0.25, 0.3) is 11.7 Å². The second-order valence-corrected chi connectivity index (χ2v) is 6.25. The maximum absolute atomic E-state index is 14.0. The standard InChI is InChI=1S/C19H15ClFNO4/c1-22-16(10-3-6-12(20)7-4-10)15(18(24)19(22)25)17(23)11-5-8-14(26-2)13(21)9-11/h3-9,16,23H,1-2H3/b17-15+. The Kier molecular flexibility index (Phi) is 4.70. The smallest absolute Gasteiger partial charge is 0.295 e. The molecule has 0 radical (unpaired) electrons. The Morgan fingerprint density at radius 3 is 2.42 bits per heavy atom. The number of hydrogen-bond donors (Lipinski definition) is 1. The molecular formula is C19H15ClFNO4. The first-order chi connectivity index (χ1) is 12.3. The number of benzene rings is 2. The highest BCUT2D eigenvalue weighted by Gasteiger charge is 2.44. The van der Waals surface area contributed by atoms with E-state index < -0.39 is 29.3 Å². The zero-order valence-electron chi connectivity index (χ0n) is 14.0. The van der Waals surface area contributed by atoms with Crippen LogP contribution in [0.25, 0.3) is 5.76 Å². The number of rotatable bonds is 3. The number of methoxy groups -OCH3 is 1. The fourth-order valence-corrected chi connectivity index (χ4v) is 3.08. The van der Waals surface area contributed by atoms with E-state index in [0.717, 1.165) is 6.07 Å². The van der Waals surface area contributed by atoms with Gasteiger partial charge in [-0.05, 0) is 35.9 Å². The maximum atomic E-state index is 14.0. The number of amides is 1. The van der Waals surface area contributed by atoms with Gasteiger partial charge in [0.05, 0.1) is 18.7 Å². The average Bonchev–Trinajstić information content (AvgIpc) is 2.86. The van der Waals surface area contributed by atoms with Crippen molar-refractivity contribution >= 4 is 29.1 Å². The number of ether oxygens (including phenoxy) is 1. The molecule has 3 rings (SSSR count). The molecule has 0 saturated carbocycles. The first kappa shape index (κ1) is 17.9. The summed E-state index contributed by atoms with van der Waals surface area (Å²) < 4.78 is 18.8. The topological polar surface area (TPSA) is 66.8 Å². The van der Waals surface area contributed by atoms with E-state index in [4.69, 9.17) is 16.3 Å². The number of aliphatic hydroxyl groups excluding tert-OH is 1. The number of aliphatic hydroxyl groups is 1. The normalized spacial score (nSPS) is 19.1. The van der Waals surface area contributed by atoms with E-state index in [1.807, 2.05) is 0 Å². The van der Waals surface area contributed by atoms with Gasteiger partial charge in [-0.25, -0.2) is 4.39 Å². The molecule has 0 aliphatic carbocycles. The van der Waals surface area contributed by atoms with Gasteiger partial charge >= 0.3 is 0 Å². The predicted molar refractivity (Wildman–Crippen MR) is 94.5 cm³/mol. The molecule has 1 aliphatic rings. The van der Waals surface area contributed by atoms with Crippen molar-refractivity contribution in [2.75, 3.05) is 14.2 Å². The number of halogens is 2. The summed E-state index contributed by atoms with van der Waals surface area (Å²) in [5.74, 6) is -2.71. The molecule has 5 nitrogen and oxygen atoms in total. The van der Waals surface area contributed by atoms with E-state index >= 15 is 0 Å². The third kappa shape index (κ3) is 2.93. The molecule has 0 aromatic heterocycles. The summed E-state index contributed by atoms with van der Waals surface area (Å²) >= 11 is 5.89. The minimum Gasteiger partial charge on any atom is -0.507 e. The van der Waals surface area contributed by atoms with Crippen LogP contribution in [-0.4, -0.2) is 35.9 Å². The zero-order valence-corrected chi connectivity index (χ0v) is 14.7. The van der Waals surface area contributed by atoms with Gasteiger partial charge in [-0.2, -0.15) is 0 Å². The van der Waals surface area contributed by atoms with Crippen molar-refractivity contribution in [3.05, 3.63) is 70.0 Å². The van der Waals surface area contributed by atoms with Crippen molar-refractivity contribution in [2.24, 2.45) is 0 Å². The first-order valence-corrected chi connectivity index (χ1v) is 8.07. The lowest BCUT2D eigenvalue weighted by Crippen LogP contribution is -2.24. The van der Waals surface area contributed by atoms with Crippen LogP contribution in [0.5, 0.6) is 5.75 Å². The van der Waals surface area contributed by atoms with Gasteiger partial charge in [0.2, 0.25) is 0 Å². The highest BCUT2D eigenvalue weighted by molar-refractivity contribution is 6.46. The van der Waals surface area contributed by atoms with E-state index in [1.165, 1.54) is 31.2 Å². The van der Waals surface area contributed by atoms with Crippen LogP contribution < -0.4 is 4.74 Å². The van der Waals surface area contributed by atoms with Crippen molar-refractivity contribution in [1.29, 1.82) is 0 Å². The van der Waals surface area contributed by atoms with Crippen LogP contribution >= 0.6 is 11.6 Å². The molecule has 1 N–H and O–H groups in total. The molecule has 2 aromatic carbocycles. The van der Waals surface area contributed by atoms with Crippen molar-refractivity contribution in [2.45, 2.75) is 6.04 Å². The molecule has 1 aliphatic heterocycles. The van der Waals surface area contributed by atoms with Crippen molar-refractivity contribution in [1.82, 2.24) is 4.90 Å². The Bertz CT molecular complexity index is 924. The van der Waals surface area contributed by atoms with Crippen molar-refractivity contribution in [3.8, 4) is 5.75 Å². The zero-order chi connectivity index (χ0) is 19.0. The number of likely N-dealkylation sites (tertiary alicyclic amines) is 1. The second-order valence-electron chi connectivity index (χ2n) is 5.81. The molecule has 1 unspecified atom stereocenters. The molecule has 26 heavy (non-hydrogen) atoms. The summed E-state index contributed by atoms with van der Waals surface area (Å²) in [5, 5.41) is 11.1. The highest BCUT2D eigenvalue weighted by Crippen LogP contribution is 2.39. The van der Waals surface area contributed by atoms with Crippen LogP contribution in [0.2, 0.25) is 5.02 Å². The number of Topliss-reactive ketones (excluding diaryl/α,β-unsaturated/α-hetero) is 1. The number of carbonyl (C=O) groups is 2. The van der Waals surface area contributed by atoms with Gasteiger partial charge in [0.1, 0.15) is 5.76 Å². The molecule has 0 spiro atoms. The van der Waals surface area contributed by atoms with Gasteiger partial charge in [-0.1, -0.05) is 23.7 Å². The third-order valence-corrected chi connectivity index (χ3v) is 4.54. The lowest BCUT2D eigenvalue weighted by atomic mass is 9.95.